The second-order valence-corrected chi connectivity index (χ2v) is 6.67. The molecular formula is C18H25N5O2. The third-order valence-corrected chi connectivity index (χ3v) is 4.68. The topological polar surface area (TPSA) is 103 Å². The number of carbonyl (C=O) groups is 1. The van der Waals surface area contributed by atoms with Gasteiger partial charge in [-0.1, -0.05) is 18.2 Å². The number of aliphatic hydroxyl groups is 1. The molecule has 1 aliphatic rings. The van der Waals surface area contributed by atoms with E-state index in [-0.39, 0.29) is 18.7 Å². The second-order valence-electron chi connectivity index (χ2n) is 6.67. The van der Waals surface area contributed by atoms with Crippen LogP contribution in [0.15, 0.2) is 24.3 Å². The lowest BCUT2D eigenvalue weighted by atomic mass is 9.87. The minimum atomic E-state index is -0.147. The van der Waals surface area contributed by atoms with Gasteiger partial charge in [-0.05, 0) is 50.2 Å². The van der Waals surface area contributed by atoms with Crippen LogP contribution in [0.3, 0.4) is 0 Å². The number of benzene rings is 1. The van der Waals surface area contributed by atoms with E-state index in [0.717, 1.165) is 42.6 Å². The number of aliphatic hydroxyl groups excluding tert-OH is 1. The van der Waals surface area contributed by atoms with Gasteiger partial charge in [-0.3, -0.25) is 5.10 Å². The Hall–Kier alpha value is -2.41. The number of aryl methyl sites for hydroxylation is 1. The molecule has 0 spiro atoms. The van der Waals surface area contributed by atoms with Crippen molar-refractivity contribution >= 4 is 6.03 Å². The maximum Gasteiger partial charge on any atom is 0.315 e. The number of carbonyl (C=O) groups excluding carboxylic acids is 1. The number of H-pyrrole nitrogens is 1. The van der Waals surface area contributed by atoms with E-state index < -0.39 is 0 Å². The number of nitrogens with one attached hydrogen (secondary N) is 3. The molecule has 1 fully saturated rings. The Labute approximate surface area is 147 Å². The van der Waals surface area contributed by atoms with Gasteiger partial charge in [-0.2, -0.15) is 5.10 Å². The number of nitrogens with zero attached hydrogens (tertiary/aromatic N) is 2. The molecule has 1 aliphatic carbocycles. The number of aromatic amines is 1. The van der Waals surface area contributed by atoms with Crippen molar-refractivity contribution in [1.29, 1.82) is 0 Å². The van der Waals surface area contributed by atoms with Gasteiger partial charge in [0.25, 0.3) is 0 Å². The fourth-order valence-electron chi connectivity index (χ4n) is 3.20. The number of hydrogen-bond acceptors (Lipinski definition) is 4. The van der Waals surface area contributed by atoms with Crippen molar-refractivity contribution in [1.82, 2.24) is 25.8 Å². The van der Waals surface area contributed by atoms with Crippen molar-refractivity contribution in [3.63, 3.8) is 0 Å². The zero-order valence-electron chi connectivity index (χ0n) is 14.5. The van der Waals surface area contributed by atoms with Gasteiger partial charge in [0.2, 0.25) is 0 Å². The van der Waals surface area contributed by atoms with Crippen LogP contribution in [0.25, 0.3) is 11.4 Å². The summed E-state index contributed by atoms with van der Waals surface area (Å²) >= 11 is 0. The largest absolute Gasteiger partial charge is 0.396 e. The maximum absolute atomic E-state index is 12.1. The van der Waals surface area contributed by atoms with Crippen molar-refractivity contribution in [3.05, 3.63) is 35.7 Å². The molecule has 134 valence electrons. The highest BCUT2D eigenvalue weighted by molar-refractivity contribution is 5.74. The highest BCUT2D eigenvalue weighted by Crippen LogP contribution is 2.23. The number of aromatic nitrogens is 3. The number of rotatable bonds is 5. The molecule has 0 bridgehead atoms. The summed E-state index contributed by atoms with van der Waals surface area (Å²) in [7, 11) is 0. The molecule has 2 aromatic rings. The summed E-state index contributed by atoms with van der Waals surface area (Å²) in [5.74, 6) is 1.82. The average molecular weight is 343 g/mol. The van der Waals surface area contributed by atoms with Crippen LogP contribution >= 0.6 is 0 Å². The van der Waals surface area contributed by atoms with Crippen molar-refractivity contribution < 1.29 is 9.90 Å². The van der Waals surface area contributed by atoms with Crippen LogP contribution in [0, 0.1) is 12.8 Å². The van der Waals surface area contributed by atoms with Crippen LogP contribution in [0.1, 0.15) is 37.1 Å². The number of amides is 2. The van der Waals surface area contributed by atoms with Crippen LogP contribution in [0.4, 0.5) is 4.79 Å². The van der Waals surface area contributed by atoms with Crippen molar-refractivity contribution in [2.45, 2.75) is 45.2 Å². The van der Waals surface area contributed by atoms with Crippen LogP contribution in [-0.4, -0.2) is 39.0 Å². The highest BCUT2D eigenvalue weighted by atomic mass is 16.3. The molecule has 0 aliphatic heterocycles. The fourth-order valence-corrected chi connectivity index (χ4v) is 3.20. The first kappa shape index (κ1) is 17.4. The normalized spacial score (nSPS) is 20.2. The molecule has 1 saturated carbocycles. The summed E-state index contributed by atoms with van der Waals surface area (Å²) in [5, 5.41) is 22.1. The Kier molecular flexibility index (Phi) is 5.65. The quantitative estimate of drug-likeness (QED) is 0.668. The van der Waals surface area contributed by atoms with E-state index in [4.69, 9.17) is 5.11 Å². The first-order chi connectivity index (χ1) is 12.1. The second kappa shape index (κ2) is 8.11. The van der Waals surface area contributed by atoms with Crippen LogP contribution in [-0.2, 0) is 6.54 Å². The molecule has 25 heavy (non-hydrogen) atoms. The van der Waals surface area contributed by atoms with Gasteiger partial charge in [0.1, 0.15) is 5.82 Å². The van der Waals surface area contributed by atoms with E-state index in [9.17, 15) is 4.79 Å². The predicted octanol–water partition coefficient (Wildman–Crippen LogP) is 2.13. The van der Waals surface area contributed by atoms with E-state index in [1.165, 1.54) is 0 Å². The molecular weight excluding hydrogens is 318 g/mol. The standard InChI is InChI=1S/C18H25N5O2/c1-12-20-17(23-22-12)15-4-2-3-14(9-15)10-19-18(25)21-16-7-5-13(11-24)6-8-16/h2-4,9,13,16,24H,5-8,10-11H2,1H3,(H2,19,21,25)(H,20,22,23). The van der Waals surface area contributed by atoms with Crippen molar-refractivity contribution in [3.8, 4) is 11.4 Å². The van der Waals surface area contributed by atoms with Gasteiger partial charge in [0, 0.05) is 24.8 Å². The lowest BCUT2D eigenvalue weighted by molar-refractivity contribution is 0.174. The maximum atomic E-state index is 12.1. The van der Waals surface area contributed by atoms with Gasteiger partial charge >= 0.3 is 6.03 Å². The highest BCUT2D eigenvalue weighted by Gasteiger charge is 2.21. The molecule has 4 N–H and O–H groups in total. The average Bonchev–Trinajstić information content (AvgIpc) is 3.07. The summed E-state index contributed by atoms with van der Waals surface area (Å²) < 4.78 is 0. The van der Waals surface area contributed by atoms with Crippen LogP contribution in [0.2, 0.25) is 0 Å². The van der Waals surface area contributed by atoms with Crippen LogP contribution < -0.4 is 10.6 Å². The molecule has 7 heteroatoms. The number of urea groups is 1. The van der Waals surface area contributed by atoms with E-state index in [1.54, 1.807) is 0 Å². The van der Waals surface area contributed by atoms with Gasteiger partial charge in [-0.25, -0.2) is 9.78 Å². The molecule has 0 unspecified atom stereocenters. The van der Waals surface area contributed by atoms with Crippen LogP contribution in [0.5, 0.6) is 0 Å². The zero-order valence-corrected chi connectivity index (χ0v) is 14.5. The third kappa shape index (κ3) is 4.79. The first-order valence-electron chi connectivity index (χ1n) is 8.77. The fraction of sp³-hybridized carbons (Fsp3) is 0.500. The smallest absolute Gasteiger partial charge is 0.315 e. The summed E-state index contributed by atoms with van der Waals surface area (Å²) in [6.07, 6.45) is 3.80. The van der Waals surface area contributed by atoms with E-state index in [1.807, 2.05) is 31.2 Å². The van der Waals surface area contributed by atoms with Gasteiger partial charge in [-0.15, -0.1) is 0 Å². The van der Waals surface area contributed by atoms with E-state index in [2.05, 4.69) is 25.8 Å². The van der Waals surface area contributed by atoms with E-state index >= 15 is 0 Å². The summed E-state index contributed by atoms with van der Waals surface area (Å²) in [6, 6.07) is 7.89. The predicted molar refractivity (Wildman–Crippen MR) is 94.8 cm³/mol. The summed E-state index contributed by atoms with van der Waals surface area (Å²) in [6.45, 7) is 2.56. The molecule has 1 aromatic carbocycles. The molecule has 1 heterocycles. The van der Waals surface area contributed by atoms with E-state index in [0.29, 0.717) is 18.3 Å². The van der Waals surface area contributed by atoms with Crippen molar-refractivity contribution in [2.75, 3.05) is 6.61 Å². The lowest BCUT2D eigenvalue weighted by Gasteiger charge is -2.27. The Morgan fingerprint density at radius 1 is 1.32 bits per heavy atom. The van der Waals surface area contributed by atoms with Crippen molar-refractivity contribution in [2.24, 2.45) is 5.92 Å². The molecule has 0 radical (unpaired) electrons. The molecule has 3 rings (SSSR count). The molecule has 1 aromatic heterocycles. The first-order valence-corrected chi connectivity index (χ1v) is 8.77. The Morgan fingerprint density at radius 3 is 2.80 bits per heavy atom. The lowest BCUT2D eigenvalue weighted by Crippen LogP contribution is -2.43. The Balaban J connectivity index is 1.49. The summed E-state index contributed by atoms with van der Waals surface area (Å²) in [4.78, 5) is 16.4. The monoisotopic (exact) mass is 343 g/mol. The molecule has 2 amide bonds. The van der Waals surface area contributed by atoms with Gasteiger partial charge in [0.15, 0.2) is 5.82 Å². The minimum Gasteiger partial charge on any atom is -0.396 e. The van der Waals surface area contributed by atoms with Gasteiger partial charge < -0.3 is 15.7 Å². The third-order valence-electron chi connectivity index (χ3n) is 4.68. The SMILES string of the molecule is Cc1nc(-c2cccc(CNC(=O)NC3CCC(CO)CC3)c2)n[nH]1. The molecule has 0 atom stereocenters. The van der Waals surface area contributed by atoms with Gasteiger partial charge in [0.05, 0.1) is 0 Å². The Morgan fingerprint density at radius 2 is 2.12 bits per heavy atom. The summed E-state index contributed by atoms with van der Waals surface area (Å²) in [5.41, 5.74) is 1.92. The number of hydrogen-bond donors (Lipinski definition) is 4. The molecule has 0 saturated heterocycles. The minimum absolute atomic E-state index is 0.147. The Bertz CT molecular complexity index is 707. The molecule has 7 nitrogen and oxygen atoms in total. The zero-order chi connectivity index (χ0) is 17.6.